The number of aromatic amines is 1. The average molecular weight is 392 g/mol. The highest BCUT2D eigenvalue weighted by atomic mass is 35.5. The second-order valence-corrected chi connectivity index (χ2v) is 6.55. The summed E-state index contributed by atoms with van der Waals surface area (Å²) < 4.78 is 27.2. The predicted octanol–water partition coefficient (Wildman–Crippen LogP) is 4.68. The van der Waals surface area contributed by atoms with Crippen LogP contribution >= 0.6 is 11.6 Å². The van der Waals surface area contributed by atoms with Crippen LogP contribution in [0.15, 0.2) is 47.4 Å². The topological polar surface area (TPSA) is 65.2 Å². The second kappa shape index (κ2) is 7.36. The van der Waals surface area contributed by atoms with Gasteiger partial charge in [0.2, 0.25) is 0 Å². The summed E-state index contributed by atoms with van der Waals surface area (Å²) in [6.45, 7) is 1.72. The predicted molar refractivity (Wildman–Crippen MR) is 101 cm³/mol. The molecule has 0 bridgehead atoms. The molecule has 0 fully saturated rings. The highest BCUT2D eigenvalue weighted by Gasteiger charge is 2.21. The Labute approximate surface area is 158 Å². The van der Waals surface area contributed by atoms with Crippen LogP contribution < -0.4 is 10.9 Å². The largest absolute Gasteiger partial charge is 0.328 e. The van der Waals surface area contributed by atoms with E-state index in [1.165, 1.54) is 11.1 Å². The molecular formula is C19H16ClF2N3O2. The fraction of sp³-hybridized carbons (Fsp3) is 0.158. The number of hydrogen-bond donors (Lipinski definition) is 2. The van der Waals surface area contributed by atoms with Crippen LogP contribution in [0.1, 0.15) is 18.5 Å². The smallest absolute Gasteiger partial charge is 0.322 e. The van der Waals surface area contributed by atoms with Gasteiger partial charge in [-0.05, 0) is 54.3 Å². The zero-order valence-electron chi connectivity index (χ0n) is 14.5. The Morgan fingerprint density at radius 1 is 1.15 bits per heavy atom. The number of benzene rings is 2. The molecule has 8 heteroatoms. The molecule has 5 nitrogen and oxygen atoms in total. The Morgan fingerprint density at radius 2 is 1.74 bits per heavy atom. The number of hydrogen-bond acceptors (Lipinski definition) is 2. The number of fused-ring (bicyclic) bond motifs is 1. The summed E-state index contributed by atoms with van der Waals surface area (Å²) in [5.74, 6) is -2.17. The van der Waals surface area contributed by atoms with E-state index in [9.17, 15) is 18.4 Å². The number of carbonyl (C=O) groups excluding carboxylic acids is 1. The van der Waals surface area contributed by atoms with Gasteiger partial charge in [-0.3, -0.25) is 4.79 Å². The Bertz CT molecular complexity index is 1070. The van der Waals surface area contributed by atoms with Crippen molar-refractivity contribution in [2.75, 3.05) is 12.4 Å². The Hall–Kier alpha value is -2.93. The highest BCUT2D eigenvalue weighted by Crippen LogP contribution is 2.27. The molecule has 0 radical (unpaired) electrons. The number of aromatic nitrogens is 1. The molecule has 0 saturated heterocycles. The van der Waals surface area contributed by atoms with E-state index < -0.39 is 29.3 Å². The number of nitrogens with one attached hydrogen (secondary N) is 2. The van der Waals surface area contributed by atoms with E-state index in [0.29, 0.717) is 16.3 Å². The van der Waals surface area contributed by atoms with Crippen LogP contribution in [0.3, 0.4) is 0 Å². The molecule has 2 aromatic carbocycles. The zero-order chi connectivity index (χ0) is 19.7. The summed E-state index contributed by atoms with van der Waals surface area (Å²) in [5, 5.41) is 3.53. The van der Waals surface area contributed by atoms with Gasteiger partial charge in [0.25, 0.3) is 5.56 Å². The van der Waals surface area contributed by atoms with Gasteiger partial charge in [0.05, 0.1) is 11.4 Å². The van der Waals surface area contributed by atoms with Crippen molar-refractivity contribution in [3.05, 3.63) is 75.2 Å². The first-order valence-corrected chi connectivity index (χ1v) is 8.45. The molecular weight excluding hydrogens is 376 g/mol. The van der Waals surface area contributed by atoms with E-state index in [0.717, 1.165) is 12.1 Å². The molecule has 1 atom stereocenters. The van der Waals surface area contributed by atoms with Crippen molar-refractivity contribution in [2.45, 2.75) is 13.0 Å². The molecule has 2 N–H and O–H groups in total. The standard InChI is InChI=1S/C19H16ClF2N3O2/c1-10(25(2)19(27)24-12-5-3-11(20)4-6-12)15-9-23-18(26)14-8-17(22)16(21)7-13(14)15/h3-10H,1-2H3,(H,23,26)(H,24,27)/t10-/m0/s1. The van der Waals surface area contributed by atoms with Crippen molar-refractivity contribution in [2.24, 2.45) is 0 Å². The van der Waals surface area contributed by atoms with Gasteiger partial charge < -0.3 is 15.2 Å². The first kappa shape index (κ1) is 18.8. The highest BCUT2D eigenvalue weighted by molar-refractivity contribution is 6.30. The number of carbonyl (C=O) groups is 1. The summed E-state index contributed by atoms with van der Waals surface area (Å²) >= 11 is 5.82. The molecule has 0 aliphatic rings. The van der Waals surface area contributed by atoms with E-state index in [2.05, 4.69) is 10.3 Å². The van der Waals surface area contributed by atoms with E-state index in [-0.39, 0.29) is 10.8 Å². The molecule has 0 spiro atoms. The zero-order valence-corrected chi connectivity index (χ0v) is 15.3. The van der Waals surface area contributed by atoms with E-state index in [1.807, 2.05) is 0 Å². The van der Waals surface area contributed by atoms with Crippen molar-refractivity contribution in [1.29, 1.82) is 0 Å². The quantitative estimate of drug-likeness (QED) is 0.680. The summed E-state index contributed by atoms with van der Waals surface area (Å²) in [5.41, 5.74) is 0.508. The molecule has 1 heterocycles. The monoisotopic (exact) mass is 391 g/mol. The minimum atomic E-state index is -1.10. The molecule has 27 heavy (non-hydrogen) atoms. The first-order valence-electron chi connectivity index (χ1n) is 8.07. The summed E-state index contributed by atoms with van der Waals surface area (Å²) in [6, 6.07) is 7.50. The molecule has 1 aromatic heterocycles. The summed E-state index contributed by atoms with van der Waals surface area (Å²) in [6.07, 6.45) is 1.40. The number of urea groups is 1. The summed E-state index contributed by atoms with van der Waals surface area (Å²) in [7, 11) is 1.56. The van der Waals surface area contributed by atoms with Crippen molar-refractivity contribution < 1.29 is 13.6 Å². The molecule has 0 saturated carbocycles. The molecule has 0 unspecified atom stereocenters. The van der Waals surface area contributed by atoms with Crippen LogP contribution in [0, 0.1) is 11.6 Å². The number of nitrogens with zero attached hydrogens (tertiary/aromatic N) is 1. The lowest BCUT2D eigenvalue weighted by molar-refractivity contribution is 0.208. The van der Waals surface area contributed by atoms with Gasteiger partial charge in [-0.25, -0.2) is 13.6 Å². The third-order valence-corrected chi connectivity index (χ3v) is 4.67. The minimum Gasteiger partial charge on any atom is -0.328 e. The van der Waals surface area contributed by atoms with Gasteiger partial charge in [0.15, 0.2) is 11.6 Å². The maximum absolute atomic E-state index is 13.7. The number of rotatable bonds is 3. The number of pyridine rings is 1. The maximum Gasteiger partial charge on any atom is 0.322 e. The normalized spacial score (nSPS) is 12.0. The number of amides is 2. The van der Waals surface area contributed by atoms with Gasteiger partial charge in [-0.15, -0.1) is 0 Å². The van der Waals surface area contributed by atoms with Gasteiger partial charge in [-0.2, -0.15) is 0 Å². The van der Waals surface area contributed by atoms with Crippen LogP contribution in [-0.4, -0.2) is 23.0 Å². The fourth-order valence-electron chi connectivity index (χ4n) is 2.75. The van der Waals surface area contributed by atoms with Gasteiger partial charge in [-0.1, -0.05) is 11.6 Å². The molecule has 140 valence electrons. The third-order valence-electron chi connectivity index (χ3n) is 4.42. The van der Waals surface area contributed by atoms with Crippen molar-refractivity contribution in [3.63, 3.8) is 0 Å². The number of halogens is 3. The second-order valence-electron chi connectivity index (χ2n) is 6.11. The lowest BCUT2D eigenvalue weighted by atomic mass is 10.0. The van der Waals surface area contributed by atoms with Crippen molar-refractivity contribution >= 4 is 34.1 Å². The van der Waals surface area contributed by atoms with Crippen LogP contribution in [0.2, 0.25) is 5.02 Å². The van der Waals surface area contributed by atoms with Crippen molar-refractivity contribution in [1.82, 2.24) is 9.88 Å². The SMILES string of the molecule is C[C@@H](c1c[nH]c(=O)c2cc(F)c(F)cc12)N(C)C(=O)Nc1ccc(Cl)cc1. The van der Waals surface area contributed by atoms with Crippen LogP contribution in [0.4, 0.5) is 19.3 Å². The summed E-state index contributed by atoms with van der Waals surface area (Å²) in [4.78, 5) is 28.3. The Balaban J connectivity index is 1.92. The van der Waals surface area contributed by atoms with Crippen molar-refractivity contribution in [3.8, 4) is 0 Å². The van der Waals surface area contributed by atoms with Crippen LogP contribution in [0.5, 0.6) is 0 Å². The van der Waals surface area contributed by atoms with Crippen LogP contribution in [0.25, 0.3) is 10.8 Å². The van der Waals surface area contributed by atoms with Gasteiger partial charge >= 0.3 is 6.03 Å². The van der Waals surface area contributed by atoms with Gasteiger partial charge in [0, 0.05) is 24.0 Å². The lowest BCUT2D eigenvalue weighted by Gasteiger charge is -2.26. The van der Waals surface area contributed by atoms with Gasteiger partial charge in [0.1, 0.15) is 0 Å². The van der Waals surface area contributed by atoms with E-state index in [1.54, 1.807) is 38.2 Å². The molecule has 2 amide bonds. The Kier molecular flexibility index (Phi) is 5.14. The van der Waals surface area contributed by atoms with E-state index >= 15 is 0 Å². The minimum absolute atomic E-state index is 0.0183. The Morgan fingerprint density at radius 3 is 2.37 bits per heavy atom. The molecule has 0 aliphatic carbocycles. The molecule has 3 rings (SSSR count). The first-order chi connectivity index (χ1) is 12.8. The third kappa shape index (κ3) is 3.78. The average Bonchev–Trinajstić information content (AvgIpc) is 2.64. The number of H-pyrrole nitrogens is 1. The van der Waals surface area contributed by atoms with Crippen LogP contribution in [-0.2, 0) is 0 Å². The lowest BCUT2D eigenvalue weighted by Crippen LogP contribution is -2.34. The molecule has 0 aliphatic heterocycles. The maximum atomic E-state index is 13.7. The number of anilines is 1. The molecule has 3 aromatic rings. The fourth-order valence-corrected chi connectivity index (χ4v) is 2.87. The van der Waals surface area contributed by atoms with E-state index in [4.69, 9.17) is 11.6 Å².